The molecule has 0 spiro atoms. The van der Waals surface area contributed by atoms with Crippen LogP contribution in [-0.4, -0.2) is 69.2 Å². The Hall–Kier alpha value is 0.440. The summed E-state index contributed by atoms with van der Waals surface area (Å²) in [5.74, 6) is 2.06. The van der Waals surface area contributed by atoms with Crippen molar-refractivity contribution in [3.63, 3.8) is 0 Å². The van der Waals surface area contributed by atoms with Crippen LogP contribution in [0.4, 0.5) is 0 Å². The summed E-state index contributed by atoms with van der Waals surface area (Å²) in [5, 5.41) is 3.45. The Morgan fingerprint density at radius 2 is 1.10 bits per heavy atom. The first-order valence-electron chi connectivity index (χ1n) is 7.64. The maximum Gasteiger partial charge on any atom is 0.136 e. The highest BCUT2D eigenvalue weighted by Crippen LogP contribution is 2.09. The number of thioether (sulfide) groups is 2. The summed E-state index contributed by atoms with van der Waals surface area (Å²) < 4.78 is 2.03. The van der Waals surface area contributed by atoms with Crippen molar-refractivity contribution < 1.29 is 0 Å². The van der Waals surface area contributed by atoms with E-state index >= 15 is 0 Å². The maximum atomic E-state index is 5.40. The van der Waals surface area contributed by atoms with Gasteiger partial charge in [0.25, 0.3) is 0 Å². The second-order valence-corrected chi connectivity index (χ2v) is 7.78. The lowest BCUT2D eigenvalue weighted by Crippen LogP contribution is -2.29. The van der Waals surface area contributed by atoms with E-state index in [1.54, 1.807) is 23.5 Å². The van der Waals surface area contributed by atoms with Crippen molar-refractivity contribution in [2.45, 2.75) is 27.7 Å². The first kappa shape index (κ1) is 21.4. The second-order valence-electron chi connectivity index (χ2n) is 4.32. The van der Waals surface area contributed by atoms with Crippen molar-refractivity contribution in [2.24, 2.45) is 0 Å². The quantitative estimate of drug-likeness (QED) is 0.466. The van der Waals surface area contributed by atoms with E-state index in [1.165, 1.54) is 0 Å². The van der Waals surface area contributed by atoms with Crippen LogP contribution in [0.1, 0.15) is 27.7 Å². The van der Waals surface area contributed by atoms with Gasteiger partial charge in [0.15, 0.2) is 0 Å². The van der Waals surface area contributed by atoms with Crippen LogP contribution >= 0.6 is 48.0 Å². The van der Waals surface area contributed by atoms with Gasteiger partial charge in [0.2, 0.25) is 0 Å². The smallest absolute Gasteiger partial charge is 0.136 e. The highest BCUT2D eigenvalue weighted by Gasteiger charge is 2.06. The minimum absolute atomic E-state index is 0.991. The molecule has 21 heavy (non-hydrogen) atoms. The minimum Gasteiger partial charge on any atom is -0.358 e. The fourth-order valence-electron chi connectivity index (χ4n) is 1.69. The van der Waals surface area contributed by atoms with Gasteiger partial charge in [-0.1, -0.05) is 48.0 Å². The Morgan fingerprint density at radius 3 is 1.38 bits per heavy atom. The lowest BCUT2D eigenvalue weighted by atomic mass is 10.6. The van der Waals surface area contributed by atoms with E-state index in [2.05, 4.69) is 42.8 Å². The zero-order valence-corrected chi connectivity index (χ0v) is 17.0. The lowest BCUT2D eigenvalue weighted by Gasteiger charge is -2.21. The fraction of sp³-hybridized carbons (Fsp3) is 0.857. The van der Waals surface area contributed by atoms with Gasteiger partial charge < -0.3 is 15.1 Å². The van der Waals surface area contributed by atoms with Crippen molar-refractivity contribution in [1.29, 1.82) is 0 Å². The van der Waals surface area contributed by atoms with Gasteiger partial charge in [-0.15, -0.1) is 0 Å². The van der Waals surface area contributed by atoms with E-state index < -0.39 is 0 Å². The molecule has 124 valence electrons. The summed E-state index contributed by atoms with van der Waals surface area (Å²) in [4.78, 5) is 4.44. The second kappa shape index (κ2) is 14.1. The Bertz CT molecular complexity index is 264. The van der Waals surface area contributed by atoms with Crippen LogP contribution < -0.4 is 5.32 Å². The average molecular weight is 368 g/mol. The van der Waals surface area contributed by atoms with Crippen molar-refractivity contribution >= 4 is 56.6 Å². The third kappa shape index (κ3) is 9.94. The number of hydrogen-bond acceptors (Lipinski definition) is 5. The van der Waals surface area contributed by atoms with Gasteiger partial charge >= 0.3 is 0 Å². The van der Waals surface area contributed by atoms with Crippen molar-refractivity contribution in [1.82, 2.24) is 15.1 Å². The van der Waals surface area contributed by atoms with Crippen LogP contribution in [0.25, 0.3) is 0 Å². The van der Waals surface area contributed by atoms with E-state index in [0.717, 1.165) is 59.4 Å². The third-order valence-corrected chi connectivity index (χ3v) is 6.10. The number of hydrogen-bond donors (Lipinski definition) is 1. The zero-order valence-electron chi connectivity index (χ0n) is 13.7. The summed E-state index contributed by atoms with van der Waals surface area (Å²) >= 11 is 14.3. The maximum absolute atomic E-state index is 5.40. The highest BCUT2D eigenvalue weighted by atomic mass is 32.2. The minimum atomic E-state index is 0.991. The SMILES string of the molecule is CCN(CC)C(=S)SCCNCCSC(=S)N(CC)CC. The number of nitrogens with one attached hydrogen (secondary N) is 1. The van der Waals surface area contributed by atoms with Crippen molar-refractivity contribution in [3.05, 3.63) is 0 Å². The molecule has 0 aliphatic rings. The Labute approximate surface area is 150 Å². The van der Waals surface area contributed by atoms with Crippen LogP contribution in [0.15, 0.2) is 0 Å². The summed E-state index contributed by atoms with van der Waals surface area (Å²) in [7, 11) is 0. The normalized spacial score (nSPS) is 10.5. The Morgan fingerprint density at radius 1 is 0.762 bits per heavy atom. The molecule has 0 unspecified atom stereocenters. The van der Waals surface area contributed by atoms with Gasteiger partial charge in [-0.05, 0) is 27.7 Å². The van der Waals surface area contributed by atoms with Gasteiger partial charge in [-0.3, -0.25) is 0 Å². The first-order valence-corrected chi connectivity index (χ1v) is 10.4. The Balaban J connectivity index is 3.57. The molecule has 0 aromatic rings. The molecule has 0 aliphatic heterocycles. The molecule has 0 aromatic carbocycles. The van der Waals surface area contributed by atoms with Gasteiger partial charge in [0.05, 0.1) is 0 Å². The molecule has 0 atom stereocenters. The molecule has 0 aliphatic carbocycles. The molecule has 0 saturated carbocycles. The van der Waals surface area contributed by atoms with E-state index in [9.17, 15) is 0 Å². The van der Waals surface area contributed by atoms with E-state index in [0.29, 0.717) is 0 Å². The lowest BCUT2D eigenvalue weighted by molar-refractivity contribution is 0.482. The molecule has 7 heteroatoms. The number of rotatable bonds is 10. The van der Waals surface area contributed by atoms with Crippen molar-refractivity contribution in [2.75, 3.05) is 50.8 Å². The van der Waals surface area contributed by atoms with E-state index in [4.69, 9.17) is 24.4 Å². The predicted molar refractivity (Wildman–Crippen MR) is 109 cm³/mol. The molecule has 0 bridgehead atoms. The molecule has 0 heterocycles. The highest BCUT2D eigenvalue weighted by molar-refractivity contribution is 8.23. The van der Waals surface area contributed by atoms with Crippen LogP contribution in [0.3, 0.4) is 0 Å². The number of nitrogens with zero attached hydrogens (tertiary/aromatic N) is 2. The topological polar surface area (TPSA) is 18.5 Å². The molecular formula is C14H29N3S4. The van der Waals surface area contributed by atoms with Gasteiger partial charge in [0, 0.05) is 50.8 Å². The fourth-order valence-corrected chi connectivity index (χ4v) is 4.43. The Kier molecular flexibility index (Phi) is 14.4. The van der Waals surface area contributed by atoms with Gasteiger partial charge in [0.1, 0.15) is 8.64 Å². The molecule has 1 N–H and O–H groups in total. The molecule has 0 fully saturated rings. The summed E-state index contributed by atoms with van der Waals surface area (Å²) in [6.07, 6.45) is 0. The van der Waals surface area contributed by atoms with E-state index in [-0.39, 0.29) is 0 Å². The van der Waals surface area contributed by atoms with Gasteiger partial charge in [-0.2, -0.15) is 0 Å². The molecule has 0 saturated heterocycles. The van der Waals surface area contributed by atoms with Crippen LogP contribution in [-0.2, 0) is 0 Å². The summed E-state index contributed by atoms with van der Waals surface area (Å²) in [6.45, 7) is 14.5. The van der Waals surface area contributed by atoms with Crippen LogP contribution in [0.2, 0.25) is 0 Å². The standard InChI is InChI=1S/C14H29N3S4/c1-5-16(6-2)13(18)20-11-9-15-10-12-21-14(19)17(7-3)8-4/h15H,5-12H2,1-4H3. The molecule has 0 aromatic heterocycles. The van der Waals surface area contributed by atoms with E-state index in [1.807, 2.05) is 0 Å². The summed E-state index contributed by atoms with van der Waals surface area (Å²) in [6, 6.07) is 0. The molecule has 0 radical (unpaired) electrons. The average Bonchev–Trinajstić information content (AvgIpc) is 2.48. The monoisotopic (exact) mass is 367 g/mol. The van der Waals surface area contributed by atoms with Crippen molar-refractivity contribution in [3.8, 4) is 0 Å². The number of thiocarbonyl (C=S) groups is 2. The largest absolute Gasteiger partial charge is 0.358 e. The predicted octanol–water partition coefficient (Wildman–Crippen LogP) is 3.30. The molecule has 3 nitrogen and oxygen atoms in total. The van der Waals surface area contributed by atoms with Gasteiger partial charge in [-0.25, -0.2) is 0 Å². The van der Waals surface area contributed by atoms with Crippen LogP contribution in [0, 0.1) is 0 Å². The van der Waals surface area contributed by atoms with Crippen LogP contribution in [0.5, 0.6) is 0 Å². The molecular weight excluding hydrogens is 338 g/mol. The summed E-state index contributed by atoms with van der Waals surface area (Å²) in [5.41, 5.74) is 0. The zero-order chi connectivity index (χ0) is 16.1. The molecule has 0 amide bonds. The third-order valence-electron chi connectivity index (χ3n) is 3.05. The molecule has 0 rings (SSSR count). The first-order chi connectivity index (χ1) is 10.1.